The van der Waals surface area contributed by atoms with Crippen molar-refractivity contribution in [3.05, 3.63) is 0 Å². The SMILES string of the molecule is CC(=O)N(CCCN(C)C)CCNC(=O)C1CCCCC1. The maximum Gasteiger partial charge on any atom is 0.223 e. The van der Waals surface area contributed by atoms with E-state index in [4.69, 9.17) is 0 Å². The quantitative estimate of drug-likeness (QED) is 0.738. The molecule has 0 bridgehead atoms. The van der Waals surface area contributed by atoms with Crippen molar-refractivity contribution in [1.29, 1.82) is 0 Å². The summed E-state index contributed by atoms with van der Waals surface area (Å²) in [7, 11) is 4.06. The van der Waals surface area contributed by atoms with Gasteiger partial charge < -0.3 is 15.1 Å². The van der Waals surface area contributed by atoms with Crippen LogP contribution >= 0.6 is 0 Å². The first-order valence-corrected chi connectivity index (χ1v) is 8.18. The molecule has 0 aromatic heterocycles. The van der Waals surface area contributed by atoms with Gasteiger partial charge in [0.2, 0.25) is 11.8 Å². The predicted molar refractivity (Wildman–Crippen MR) is 85.0 cm³/mol. The van der Waals surface area contributed by atoms with Gasteiger partial charge in [0.1, 0.15) is 0 Å². The van der Waals surface area contributed by atoms with Crippen LogP contribution in [0.1, 0.15) is 45.4 Å². The Morgan fingerprint density at radius 2 is 1.71 bits per heavy atom. The third-order valence-corrected chi connectivity index (χ3v) is 4.14. The number of rotatable bonds is 8. The topological polar surface area (TPSA) is 52.7 Å². The highest BCUT2D eigenvalue weighted by Gasteiger charge is 2.20. The largest absolute Gasteiger partial charge is 0.354 e. The number of amides is 2. The molecule has 0 saturated heterocycles. The first kappa shape index (κ1) is 18.0. The fourth-order valence-electron chi connectivity index (χ4n) is 2.83. The summed E-state index contributed by atoms with van der Waals surface area (Å²) in [4.78, 5) is 27.6. The van der Waals surface area contributed by atoms with Crippen molar-refractivity contribution in [3.8, 4) is 0 Å². The number of nitrogens with one attached hydrogen (secondary N) is 1. The van der Waals surface area contributed by atoms with E-state index in [-0.39, 0.29) is 17.7 Å². The van der Waals surface area contributed by atoms with E-state index in [0.717, 1.165) is 32.4 Å². The van der Waals surface area contributed by atoms with Gasteiger partial charge in [0.05, 0.1) is 0 Å². The molecule has 0 atom stereocenters. The van der Waals surface area contributed by atoms with Gasteiger partial charge in [-0.25, -0.2) is 0 Å². The second-order valence-electron chi connectivity index (χ2n) is 6.29. The zero-order valence-corrected chi connectivity index (χ0v) is 13.9. The molecular weight excluding hydrogens is 266 g/mol. The second kappa shape index (κ2) is 9.77. The van der Waals surface area contributed by atoms with Gasteiger partial charge in [-0.15, -0.1) is 0 Å². The van der Waals surface area contributed by atoms with Crippen LogP contribution in [0.2, 0.25) is 0 Å². The molecule has 1 rings (SSSR count). The maximum atomic E-state index is 12.0. The van der Waals surface area contributed by atoms with Crippen molar-refractivity contribution >= 4 is 11.8 Å². The van der Waals surface area contributed by atoms with Crippen molar-refractivity contribution in [2.24, 2.45) is 5.92 Å². The highest BCUT2D eigenvalue weighted by Crippen LogP contribution is 2.23. The van der Waals surface area contributed by atoms with Crippen LogP contribution in [0.4, 0.5) is 0 Å². The number of hydrogen-bond donors (Lipinski definition) is 1. The Kier molecular flexibility index (Phi) is 8.35. The molecule has 0 radical (unpaired) electrons. The van der Waals surface area contributed by atoms with E-state index in [2.05, 4.69) is 10.2 Å². The summed E-state index contributed by atoms with van der Waals surface area (Å²) in [5.74, 6) is 0.449. The van der Waals surface area contributed by atoms with E-state index in [1.54, 1.807) is 6.92 Å². The molecular formula is C16H31N3O2. The standard InChI is InChI=1S/C16H31N3O2/c1-14(20)19(12-7-11-18(2)3)13-10-17-16(21)15-8-5-4-6-9-15/h15H,4-13H2,1-3H3,(H,17,21). The molecule has 2 amide bonds. The Morgan fingerprint density at radius 1 is 1.05 bits per heavy atom. The van der Waals surface area contributed by atoms with Crippen molar-refractivity contribution in [2.75, 3.05) is 40.3 Å². The molecule has 0 aromatic carbocycles. The lowest BCUT2D eigenvalue weighted by molar-refractivity contribution is -0.130. The molecule has 122 valence electrons. The van der Waals surface area contributed by atoms with Crippen molar-refractivity contribution in [1.82, 2.24) is 15.1 Å². The number of hydrogen-bond acceptors (Lipinski definition) is 3. The molecule has 5 heteroatoms. The van der Waals surface area contributed by atoms with Gasteiger partial charge >= 0.3 is 0 Å². The fourth-order valence-corrected chi connectivity index (χ4v) is 2.83. The molecule has 1 aliphatic carbocycles. The van der Waals surface area contributed by atoms with E-state index in [0.29, 0.717) is 13.1 Å². The average molecular weight is 297 g/mol. The van der Waals surface area contributed by atoms with E-state index >= 15 is 0 Å². The minimum atomic E-state index is 0.0840. The normalized spacial score (nSPS) is 16.0. The molecule has 0 aromatic rings. The van der Waals surface area contributed by atoms with Crippen LogP contribution in [0.3, 0.4) is 0 Å². The monoisotopic (exact) mass is 297 g/mol. The minimum absolute atomic E-state index is 0.0840. The van der Waals surface area contributed by atoms with Crippen LogP contribution < -0.4 is 5.32 Å². The zero-order chi connectivity index (χ0) is 15.7. The van der Waals surface area contributed by atoms with Crippen molar-refractivity contribution in [2.45, 2.75) is 45.4 Å². The summed E-state index contributed by atoms with van der Waals surface area (Å²) in [6.45, 7) is 4.50. The van der Waals surface area contributed by atoms with Crippen LogP contribution in [0, 0.1) is 5.92 Å². The van der Waals surface area contributed by atoms with Crippen LogP contribution in [-0.4, -0.2) is 61.9 Å². The van der Waals surface area contributed by atoms with E-state index < -0.39 is 0 Å². The number of carbonyl (C=O) groups excluding carboxylic acids is 2. The number of carbonyl (C=O) groups is 2. The molecule has 0 heterocycles. The van der Waals surface area contributed by atoms with Gasteiger partial charge in [-0.2, -0.15) is 0 Å². The van der Waals surface area contributed by atoms with E-state index in [9.17, 15) is 9.59 Å². The van der Waals surface area contributed by atoms with Gasteiger partial charge in [0.25, 0.3) is 0 Å². The fraction of sp³-hybridized carbons (Fsp3) is 0.875. The Hall–Kier alpha value is -1.10. The predicted octanol–water partition coefficient (Wildman–Crippen LogP) is 1.48. The molecule has 1 aliphatic rings. The maximum absolute atomic E-state index is 12.0. The van der Waals surface area contributed by atoms with Crippen LogP contribution in [0.15, 0.2) is 0 Å². The van der Waals surface area contributed by atoms with Gasteiger partial charge in [-0.1, -0.05) is 19.3 Å². The molecule has 1 saturated carbocycles. The summed E-state index contributed by atoms with van der Waals surface area (Å²) in [6, 6.07) is 0. The lowest BCUT2D eigenvalue weighted by Crippen LogP contribution is -2.40. The summed E-state index contributed by atoms with van der Waals surface area (Å²) < 4.78 is 0. The third kappa shape index (κ3) is 7.46. The Labute approximate surface area is 129 Å². The van der Waals surface area contributed by atoms with Crippen molar-refractivity contribution in [3.63, 3.8) is 0 Å². The molecule has 1 N–H and O–H groups in total. The lowest BCUT2D eigenvalue weighted by atomic mass is 9.89. The molecule has 0 unspecified atom stereocenters. The highest BCUT2D eigenvalue weighted by atomic mass is 16.2. The Morgan fingerprint density at radius 3 is 2.29 bits per heavy atom. The summed E-state index contributed by atoms with van der Waals surface area (Å²) >= 11 is 0. The molecule has 1 fully saturated rings. The first-order valence-electron chi connectivity index (χ1n) is 8.18. The smallest absolute Gasteiger partial charge is 0.223 e. The van der Waals surface area contributed by atoms with E-state index in [1.165, 1.54) is 19.3 Å². The van der Waals surface area contributed by atoms with E-state index in [1.807, 2.05) is 19.0 Å². The summed E-state index contributed by atoms with van der Waals surface area (Å²) in [5, 5.41) is 2.99. The van der Waals surface area contributed by atoms with Crippen molar-refractivity contribution < 1.29 is 9.59 Å². The summed E-state index contributed by atoms with van der Waals surface area (Å²) in [6.07, 6.45) is 6.59. The van der Waals surface area contributed by atoms with Gasteiger partial charge in [-0.3, -0.25) is 9.59 Å². The third-order valence-electron chi connectivity index (χ3n) is 4.14. The van der Waals surface area contributed by atoms with Gasteiger partial charge in [0.15, 0.2) is 0 Å². The zero-order valence-electron chi connectivity index (χ0n) is 13.9. The lowest BCUT2D eigenvalue weighted by Gasteiger charge is -2.24. The molecule has 0 spiro atoms. The highest BCUT2D eigenvalue weighted by molar-refractivity contribution is 5.78. The Bertz CT molecular complexity index is 325. The molecule has 0 aliphatic heterocycles. The van der Waals surface area contributed by atoms with Crippen LogP contribution in [-0.2, 0) is 9.59 Å². The minimum Gasteiger partial charge on any atom is -0.354 e. The summed E-state index contributed by atoms with van der Waals surface area (Å²) in [5.41, 5.74) is 0. The molecule has 21 heavy (non-hydrogen) atoms. The average Bonchev–Trinajstić information content (AvgIpc) is 2.45. The first-order chi connectivity index (χ1) is 10.0. The van der Waals surface area contributed by atoms with Gasteiger partial charge in [0, 0.05) is 32.5 Å². The van der Waals surface area contributed by atoms with Crippen LogP contribution in [0.25, 0.3) is 0 Å². The molecule has 5 nitrogen and oxygen atoms in total. The number of nitrogens with zero attached hydrogens (tertiary/aromatic N) is 2. The van der Waals surface area contributed by atoms with Crippen LogP contribution in [0.5, 0.6) is 0 Å². The Balaban J connectivity index is 2.22. The van der Waals surface area contributed by atoms with Gasteiger partial charge in [-0.05, 0) is 39.9 Å². The second-order valence-corrected chi connectivity index (χ2v) is 6.29.